The Morgan fingerprint density at radius 2 is 1.64 bits per heavy atom. The van der Waals surface area contributed by atoms with Crippen molar-refractivity contribution in [2.45, 2.75) is 10.6 Å². The first-order valence-electron chi connectivity index (χ1n) is 8.08. The van der Waals surface area contributed by atoms with Gasteiger partial charge in [0.15, 0.2) is 0 Å². The fraction of sp³-hybridized carbons (Fsp3) is 0.294. The molecule has 0 aliphatic rings. The fourth-order valence-corrected chi connectivity index (χ4v) is 4.79. The van der Waals surface area contributed by atoms with E-state index in [-0.39, 0.29) is 28.8 Å². The highest BCUT2D eigenvalue weighted by Crippen LogP contribution is 2.22. The average molecular weight is 467 g/mol. The van der Waals surface area contributed by atoms with Crippen LogP contribution in [0, 0.1) is 0 Å². The zero-order valence-electron chi connectivity index (χ0n) is 15.2. The van der Waals surface area contributed by atoms with Crippen molar-refractivity contribution in [1.29, 1.82) is 0 Å². The number of halogens is 2. The van der Waals surface area contributed by atoms with E-state index in [1.165, 1.54) is 44.4 Å². The molecule has 7 nitrogen and oxygen atoms in total. The Hall–Kier alpha value is -1.36. The molecule has 154 valence electrons. The molecule has 28 heavy (non-hydrogen) atoms. The van der Waals surface area contributed by atoms with Crippen LogP contribution in [-0.2, 0) is 25.8 Å². The Labute approximate surface area is 175 Å². The number of nitrogens with zero attached hydrogens (tertiary/aromatic N) is 1. The number of rotatable bonds is 9. The quantitative estimate of drug-likeness (QED) is 0.573. The normalized spacial score (nSPS) is 12.3. The van der Waals surface area contributed by atoms with E-state index in [1.807, 2.05) is 0 Å². The molecule has 0 aromatic heterocycles. The largest absolute Gasteiger partial charge is 0.492 e. The Kier molecular flexibility index (Phi) is 7.72. The zero-order valence-corrected chi connectivity index (χ0v) is 18.4. The predicted octanol–water partition coefficient (Wildman–Crippen LogP) is 2.74. The number of ether oxygens (including phenoxy) is 1. The molecule has 2 aromatic rings. The van der Waals surface area contributed by atoms with Crippen LogP contribution in [0.1, 0.15) is 5.56 Å². The number of nitrogens with one attached hydrogen (secondary N) is 1. The summed E-state index contributed by atoms with van der Waals surface area (Å²) in [6.07, 6.45) is 0. The van der Waals surface area contributed by atoms with Gasteiger partial charge in [0.05, 0.1) is 10.6 Å². The first-order chi connectivity index (χ1) is 13.0. The van der Waals surface area contributed by atoms with Crippen LogP contribution in [0.25, 0.3) is 0 Å². The lowest BCUT2D eigenvalue weighted by atomic mass is 10.2. The zero-order chi connectivity index (χ0) is 20.9. The van der Waals surface area contributed by atoms with Crippen molar-refractivity contribution in [3.63, 3.8) is 0 Å². The third-order valence-corrected chi connectivity index (χ3v) is 7.41. The lowest BCUT2D eigenvalue weighted by Crippen LogP contribution is -2.29. The van der Waals surface area contributed by atoms with Gasteiger partial charge in [-0.2, -0.15) is 0 Å². The van der Waals surface area contributed by atoms with Crippen molar-refractivity contribution in [3.05, 3.63) is 58.1 Å². The Morgan fingerprint density at radius 1 is 1.00 bits per heavy atom. The van der Waals surface area contributed by atoms with E-state index in [4.69, 9.17) is 27.9 Å². The summed E-state index contributed by atoms with van der Waals surface area (Å²) in [5, 5.41) is 0.707. The van der Waals surface area contributed by atoms with Gasteiger partial charge in [-0.3, -0.25) is 0 Å². The Bertz CT molecular complexity index is 1020. The minimum absolute atomic E-state index is 0.0469. The van der Waals surface area contributed by atoms with Crippen LogP contribution in [0.3, 0.4) is 0 Å². The van der Waals surface area contributed by atoms with Crippen LogP contribution in [0.15, 0.2) is 47.4 Å². The second-order valence-electron chi connectivity index (χ2n) is 6.00. The molecular formula is C17H20Cl2N2O5S2. The lowest BCUT2D eigenvalue weighted by Gasteiger charge is -2.12. The van der Waals surface area contributed by atoms with Crippen molar-refractivity contribution in [3.8, 4) is 5.75 Å². The first-order valence-corrected chi connectivity index (χ1v) is 11.9. The number of benzene rings is 2. The number of sulfonamides is 2. The summed E-state index contributed by atoms with van der Waals surface area (Å²) in [6.45, 7) is 0.124. The molecule has 2 aromatic carbocycles. The van der Waals surface area contributed by atoms with Crippen LogP contribution in [-0.4, -0.2) is 48.4 Å². The van der Waals surface area contributed by atoms with Crippen molar-refractivity contribution < 1.29 is 21.6 Å². The molecule has 0 atom stereocenters. The maximum atomic E-state index is 12.1. The van der Waals surface area contributed by atoms with Crippen molar-refractivity contribution in [1.82, 2.24) is 9.03 Å². The van der Waals surface area contributed by atoms with Gasteiger partial charge in [0.1, 0.15) is 12.4 Å². The van der Waals surface area contributed by atoms with Crippen molar-refractivity contribution in [2.75, 3.05) is 27.2 Å². The van der Waals surface area contributed by atoms with Crippen molar-refractivity contribution in [2.24, 2.45) is 0 Å². The van der Waals surface area contributed by atoms with E-state index in [0.717, 1.165) is 4.31 Å². The van der Waals surface area contributed by atoms with Gasteiger partial charge in [-0.1, -0.05) is 29.3 Å². The summed E-state index contributed by atoms with van der Waals surface area (Å²) in [5.74, 6) is 0.151. The SMILES string of the molecule is CN(C)S(=O)(=O)c1ccc(OCCNS(=O)(=O)Cc2ccc(Cl)cc2Cl)cc1. The third-order valence-electron chi connectivity index (χ3n) is 3.66. The fourth-order valence-electron chi connectivity index (χ4n) is 2.18. The molecule has 0 saturated carbocycles. The summed E-state index contributed by atoms with van der Waals surface area (Å²) < 4.78 is 57.3. The summed E-state index contributed by atoms with van der Waals surface area (Å²) in [7, 11) is -4.21. The molecule has 0 aliphatic heterocycles. The van der Waals surface area contributed by atoms with E-state index in [0.29, 0.717) is 16.3 Å². The highest BCUT2D eigenvalue weighted by molar-refractivity contribution is 7.89. The standard InChI is InChI=1S/C17H20Cl2N2O5S2/c1-21(2)28(24,25)16-7-5-15(6-8-16)26-10-9-20-27(22,23)12-13-3-4-14(18)11-17(13)19/h3-8,11,20H,9-10,12H2,1-2H3. The van der Waals surface area contributed by atoms with Crippen LogP contribution in [0.5, 0.6) is 5.75 Å². The van der Waals surface area contributed by atoms with E-state index < -0.39 is 20.0 Å². The highest BCUT2D eigenvalue weighted by atomic mass is 35.5. The molecule has 11 heteroatoms. The van der Waals surface area contributed by atoms with Crippen LogP contribution in [0.4, 0.5) is 0 Å². The molecule has 0 fully saturated rings. The molecule has 0 saturated heterocycles. The number of hydrogen-bond donors (Lipinski definition) is 1. The predicted molar refractivity (Wildman–Crippen MR) is 110 cm³/mol. The minimum Gasteiger partial charge on any atom is -0.492 e. The average Bonchev–Trinajstić information content (AvgIpc) is 2.61. The van der Waals surface area contributed by atoms with Crippen LogP contribution in [0.2, 0.25) is 10.0 Å². The van der Waals surface area contributed by atoms with Crippen molar-refractivity contribution >= 4 is 43.2 Å². The van der Waals surface area contributed by atoms with E-state index in [1.54, 1.807) is 12.1 Å². The summed E-state index contributed by atoms with van der Waals surface area (Å²) in [6, 6.07) is 10.5. The van der Waals surface area contributed by atoms with Gasteiger partial charge < -0.3 is 4.74 Å². The van der Waals surface area contributed by atoms with Gasteiger partial charge >= 0.3 is 0 Å². The van der Waals surface area contributed by atoms with Gasteiger partial charge in [0.2, 0.25) is 20.0 Å². The lowest BCUT2D eigenvalue weighted by molar-refractivity contribution is 0.322. The van der Waals surface area contributed by atoms with Gasteiger partial charge in [-0.25, -0.2) is 25.9 Å². The maximum absolute atomic E-state index is 12.1. The summed E-state index contributed by atoms with van der Waals surface area (Å²) in [5.41, 5.74) is 0.442. The highest BCUT2D eigenvalue weighted by Gasteiger charge is 2.17. The van der Waals surface area contributed by atoms with Crippen LogP contribution >= 0.6 is 23.2 Å². The molecule has 0 radical (unpaired) electrons. The van der Waals surface area contributed by atoms with Gasteiger partial charge in [-0.15, -0.1) is 0 Å². The maximum Gasteiger partial charge on any atom is 0.242 e. The van der Waals surface area contributed by atoms with E-state index >= 15 is 0 Å². The smallest absolute Gasteiger partial charge is 0.242 e. The molecule has 0 heterocycles. The van der Waals surface area contributed by atoms with Crippen LogP contribution < -0.4 is 9.46 Å². The van der Waals surface area contributed by atoms with Gasteiger partial charge in [0.25, 0.3) is 0 Å². The third kappa shape index (κ3) is 6.33. The Morgan fingerprint density at radius 3 is 2.21 bits per heavy atom. The molecule has 0 spiro atoms. The summed E-state index contributed by atoms with van der Waals surface area (Å²) in [4.78, 5) is 0.144. The van der Waals surface area contributed by atoms with E-state index in [9.17, 15) is 16.8 Å². The second-order valence-corrected chi connectivity index (χ2v) is 10.8. The molecule has 0 amide bonds. The van der Waals surface area contributed by atoms with Gasteiger partial charge in [0, 0.05) is 30.7 Å². The second kappa shape index (κ2) is 9.43. The first kappa shape index (κ1) is 22.9. The number of hydrogen-bond acceptors (Lipinski definition) is 5. The van der Waals surface area contributed by atoms with E-state index in [2.05, 4.69) is 4.72 Å². The molecule has 1 N–H and O–H groups in total. The van der Waals surface area contributed by atoms with Gasteiger partial charge in [-0.05, 0) is 42.0 Å². The monoisotopic (exact) mass is 466 g/mol. The molecule has 0 aliphatic carbocycles. The molecule has 2 rings (SSSR count). The topological polar surface area (TPSA) is 92.8 Å². The summed E-state index contributed by atoms with van der Waals surface area (Å²) >= 11 is 11.8. The minimum atomic E-state index is -3.60. The molecular weight excluding hydrogens is 447 g/mol. The molecule has 0 bridgehead atoms. The Balaban J connectivity index is 1.86. The molecule has 0 unspecified atom stereocenters.